The molecule has 1 aromatic heterocycles. The highest BCUT2D eigenvalue weighted by Gasteiger charge is 2.22. The summed E-state index contributed by atoms with van der Waals surface area (Å²) in [4.78, 5) is 20.7. The number of unbranched alkanes of at least 4 members (excludes halogenated alkanes) is 1. The van der Waals surface area contributed by atoms with Gasteiger partial charge in [-0.05, 0) is 63.9 Å². The van der Waals surface area contributed by atoms with Crippen molar-refractivity contribution >= 4 is 23.2 Å². The Labute approximate surface area is 161 Å². The van der Waals surface area contributed by atoms with Gasteiger partial charge >= 0.3 is 0 Å². The SMILES string of the molecule is CCc1ccc(CNC(=NC)NCCCCN2CCC(C(N)=O)CC2)s1. The van der Waals surface area contributed by atoms with Gasteiger partial charge < -0.3 is 21.3 Å². The van der Waals surface area contributed by atoms with Crippen LogP contribution < -0.4 is 16.4 Å². The van der Waals surface area contributed by atoms with E-state index in [4.69, 9.17) is 5.73 Å². The van der Waals surface area contributed by atoms with Crippen molar-refractivity contribution in [3.8, 4) is 0 Å². The highest BCUT2D eigenvalue weighted by molar-refractivity contribution is 7.11. The number of thiophene rings is 1. The molecule has 1 fully saturated rings. The number of primary amides is 1. The molecule has 2 heterocycles. The normalized spacial score (nSPS) is 16.6. The van der Waals surface area contributed by atoms with Crippen LogP contribution in [0.3, 0.4) is 0 Å². The number of aryl methyl sites for hydroxylation is 1. The summed E-state index contributed by atoms with van der Waals surface area (Å²) in [6.45, 7) is 6.99. The first-order chi connectivity index (χ1) is 12.6. The third-order valence-electron chi connectivity index (χ3n) is 4.90. The molecule has 146 valence electrons. The molecular weight excluding hydrogens is 346 g/mol. The molecule has 1 aromatic rings. The average molecular weight is 380 g/mol. The van der Waals surface area contributed by atoms with Gasteiger partial charge in [-0.15, -0.1) is 11.3 Å². The van der Waals surface area contributed by atoms with E-state index >= 15 is 0 Å². The van der Waals surface area contributed by atoms with Crippen molar-refractivity contribution in [2.45, 2.75) is 45.6 Å². The summed E-state index contributed by atoms with van der Waals surface area (Å²) in [5.41, 5.74) is 5.38. The lowest BCUT2D eigenvalue weighted by atomic mass is 9.96. The number of piperidine rings is 1. The maximum atomic E-state index is 11.2. The van der Waals surface area contributed by atoms with Crippen LogP contribution in [0.2, 0.25) is 0 Å². The van der Waals surface area contributed by atoms with E-state index in [1.165, 1.54) is 9.75 Å². The van der Waals surface area contributed by atoms with Gasteiger partial charge in [0.2, 0.25) is 5.91 Å². The molecule has 0 aliphatic carbocycles. The van der Waals surface area contributed by atoms with Gasteiger partial charge in [0, 0.05) is 29.3 Å². The second-order valence-corrected chi connectivity index (χ2v) is 8.05. The number of aliphatic imine (C=N–C) groups is 1. The second kappa shape index (κ2) is 11.2. The zero-order valence-electron chi connectivity index (χ0n) is 16.1. The van der Waals surface area contributed by atoms with Gasteiger partial charge in [0.1, 0.15) is 0 Å². The van der Waals surface area contributed by atoms with Crippen LogP contribution in [-0.2, 0) is 17.8 Å². The first-order valence-corrected chi connectivity index (χ1v) is 10.5. The molecule has 1 saturated heterocycles. The summed E-state index contributed by atoms with van der Waals surface area (Å²) in [5.74, 6) is 0.805. The fourth-order valence-electron chi connectivity index (χ4n) is 3.21. The number of nitrogens with zero attached hydrogens (tertiary/aromatic N) is 2. The minimum atomic E-state index is -0.138. The second-order valence-electron chi connectivity index (χ2n) is 6.80. The Balaban J connectivity index is 1.54. The van der Waals surface area contributed by atoms with Crippen molar-refractivity contribution in [1.82, 2.24) is 15.5 Å². The topological polar surface area (TPSA) is 82.8 Å². The fraction of sp³-hybridized carbons (Fsp3) is 0.684. The maximum absolute atomic E-state index is 11.2. The summed E-state index contributed by atoms with van der Waals surface area (Å²) < 4.78 is 0. The number of carbonyl (C=O) groups excluding carboxylic acids is 1. The molecule has 1 aliphatic rings. The quantitative estimate of drug-likeness (QED) is 0.348. The minimum Gasteiger partial charge on any atom is -0.369 e. The molecule has 26 heavy (non-hydrogen) atoms. The molecule has 1 amide bonds. The molecule has 0 aromatic carbocycles. The molecule has 0 spiro atoms. The van der Waals surface area contributed by atoms with Crippen LogP contribution in [0.5, 0.6) is 0 Å². The molecule has 7 heteroatoms. The number of hydrogen-bond donors (Lipinski definition) is 3. The molecule has 2 rings (SSSR count). The monoisotopic (exact) mass is 379 g/mol. The molecule has 0 saturated carbocycles. The summed E-state index contributed by atoms with van der Waals surface area (Å²) in [5, 5.41) is 6.76. The van der Waals surface area contributed by atoms with E-state index in [0.717, 1.165) is 70.8 Å². The highest BCUT2D eigenvalue weighted by Crippen LogP contribution is 2.17. The molecular formula is C19H33N5OS. The van der Waals surface area contributed by atoms with E-state index in [0.29, 0.717) is 0 Å². The van der Waals surface area contributed by atoms with Gasteiger partial charge in [0.15, 0.2) is 5.96 Å². The van der Waals surface area contributed by atoms with Gasteiger partial charge in [0.05, 0.1) is 6.54 Å². The van der Waals surface area contributed by atoms with Crippen molar-refractivity contribution in [2.24, 2.45) is 16.6 Å². The molecule has 1 aliphatic heterocycles. The number of carbonyl (C=O) groups is 1. The molecule has 0 radical (unpaired) electrons. The van der Waals surface area contributed by atoms with Crippen molar-refractivity contribution < 1.29 is 4.79 Å². The van der Waals surface area contributed by atoms with Crippen molar-refractivity contribution in [3.05, 3.63) is 21.9 Å². The van der Waals surface area contributed by atoms with E-state index in [2.05, 4.69) is 39.6 Å². The predicted molar refractivity (Wildman–Crippen MR) is 109 cm³/mol. The van der Waals surface area contributed by atoms with E-state index in [-0.39, 0.29) is 11.8 Å². The number of amides is 1. The minimum absolute atomic E-state index is 0.0825. The smallest absolute Gasteiger partial charge is 0.220 e. The van der Waals surface area contributed by atoms with Crippen LogP contribution in [-0.4, -0.2) is 50.0 Å². The van der Waals surface area contributed by atoms with E-state index in [1.54, 1.807) is 0 Å². The summed E-state index contributed by atoms with van der Waals surface area (Å²) in [6, 6.07) is 4.38. The van der Waals surface area contributed by atoms with E-state index < -0.39 is 0 Å². The number of hydrogen-bond acceptors (Lipinski definition) is 4. The van der Waals surface area contributed by atoms with Crippen LogP contribution in [0.4, 0.5) is 0 Å². The molecule has 0 atom stereocenters. The predicted octanol–water partition coefficient (Wildman–Crippen LogP) is 1.95. The zero-order chi connectivity index (χ0) is 18.8. The third-order valence-corrected chi connectivity index (χ3v) is 6.13. The van der Waals surface area contributed by atoms with E-state index in [9.17, 15) is 4.79 Å². The molecule has 6 nitrogen and oxygen atoms in total. The van der Waals surface area contributed by atoms with Gasteiger partial charge in [-0.3, -0.25) is 9.79 Å². The fourth-order valence-corrected chi connectivity index (χ4v) is 4.10. The van der Waals surface area contributed by atoms with Crippen LogP contribution in [0.1, 0.15) is 42.4 Å². The number of guanidine groups is 1. The summed E-state index contributed by atoms with van der Waals surface area (Å²) >= 11 is 1.86. The Hall–Kier alpha value is -1.60. The van der Waals surface area contributed by atoms with E-state index in [1.807, 2.05) is 18.4 Å². The highest BCUT2D eigenvalue weighted by atomic mass is 32.1. The van der Waals surface area contributed by atoms with Gasteiger partial charge in [-0.2, -0.15) is 0 Å². The largest absolute Gasteiger partial charge is 0.369 e. The average Bonchev–Trinajstić information content (AvgIpc) is 3.12. The molecule has 0 unspecified atom stereocenters. The van der Waals surface area contributed by atoms with Crippen LogP contribution >= 0.6 is 11.3 Å². The maximum Gasteiger partial charge on any atom is 0.220 e. The van der Waals surface area contributed by atoms with Crippen LogP contribution in [0, 0.1) is 5.92 Å². The Bertz CT molecular complexity index is 578. The van der Waals surface area contributed by atoms with Crippen LogP contribution in [0.15, 0.2) is 17.1 Å². The van der Waals surface area contributed by atoms with Gasteiger partial charge in [-0.25, -0.2) is 0 Å². The van der Waals surface area contributed by atoms with Gasteiger partial charge in [-0.1, -0.05) is 6.92 Å². The molecule has 0 bridgehead atoms. The number of rotatable bonds is 9. The molecule has 4 N–H and O–H groups in total. The lowest BCUT2D eigenvalue weighted by Gasteiger charge is -2.30. The first-order valence-electron chi connectivity index (χ1n) is 9.66. The lowest BCUT2D eigenvalue weighted by molar-refractivity contribution is -0.123. The van der Waals surface area contributed by atoms with Crippen molar-refractivity contribution in [1.29, 1.82) is 0 Å². The Morgan fingerprint density at radius 2 is 2.00 bits per heavy atom. The Morgan fingerprint density at radius 1 is 1.27 bits per heavy atom. The number of nitrogens with two attached hydrogens (primary N) is 1. The zero-order valence-corrected chi connectivity index (χ0v) is 16.9. The van der Waals surface area contributed by atoms with Gasteiger partial charge in [0.25, 0.3) is 0 Å². The Morgan fingerprint density at radius 3 is 2.62 bits per heavy atom. The third kappa shape index (κ3) is 6.96. The first kappa shape index (κ1) is 20.7. The number of nitrogens with one attached hydrogen (secondary N) is 2. The Kier molecular flexibility index (Phi) is 8.91. The van der Waals surface area contributed by atoms with Crippen molar-refractivity contribution in [2.75, 3.05) is 33.2 Å². The lowest BCUT2D eigenvalue weighted by Crippen LogP contribution is -2.39. The standard InChI is InChI=1S/C19H33N5OS/c1-3-16-6-7-17(26-16)14-23-19(21-2)22-10-4-5-11-24-12-8-15(9-13-24)18(20)25/h6-7,15H,3-5,8-14H2,1-2H3,(H2,20,25)(H2,21,22,23). The summed E-state index contributed by atoms with van der Waals surface area (Å²) in [7, 11) is 1.81. The van der Waals surface area contributed by atoms with Crippen molar-refractivity contribution in [3.63, 3.8) is 0 Å². The number of likely N-dealkylation sites (tertiary alicyclic amines) is 1. The summed E-state index contributed by atoms with van der Waals surface area (Å²) in [6.07, 6.45) is 5.17. The van der Waals surface area contributed by atoms with Crippen LogP contribution in [0.25, 0.3) is 0 Å².